The topological polar surface area (TPSA) is 53.1 Å². The third-order valence-electron chi connectivity index (χ3n) is 3.63. The summed E-state index contributed by atoms with van der Waals surface area (Å²) in [7, 11) is 3.62. The zero-order valence-corrected chi connectivity index (χ0v) is 10.7. The van der Waals surface area contributed by atoms with Crippen LogP contribution in [0.4, 0.5) is 0 Å². The third kappa shape index (κ3) is 1.69. The van der Waals surface area contributed by atoms with Crippen LogP contribution in [0.2, 0.25) is 0 Å². The number of nitrogens with two attached hydrogens (primary N) is 1. The van der Waals surface area contributed by atoms with E-state index in [2.05, 4.69) is 5.10 Å². The highest BCUT2D eigenvalue weighted by molar-refractivity contribution is 5.66. The van der Waals surface area contributed by atoms with Crippen LogP contribution in [0.15, 0.2) is 30.5 Å². The lowest BCUT2D eigenvalue weighted by atomic mass is 10.0. The van der Waals surface area contributed by atoms with E-state index in [-0.39, 0.29) is 5.54 Å². The van der Waals surface area contributed by atoms with Crippen LogP contribution in [0.1, 0.15) is 18.4 Å². The van der Waals surface area contributed by atoms with Crippen molar-refractivity contribution in [3.8, 4) is 17.0 Å². The van der Waals surface area contributed by atoms with E-state index < -0.39 is 0 Å². The van der Waals surface area contributed by atoms with Crippen LogP contribution >= 0.6 is 0 Å². The molecule has 1 aliphatic carbocycles. The first-order chi connectivity index (χ1) is 8.64. The van der Waals surface area contributed by atoms with Crippen LogP contribution < -0.4 is 10.5 Å². The smallest absolute Gasteiger partial charge is 0.118 e. The van der Waals surface area contributed by atoms with Gasteiger partial charge in [-0.05, 0) is 37.1 Å². The number of benzene rings is 1. The fraction of sp³-hybridized carbons (Fsp3) is 0.357. The SMILES string of the molecule is COc1ccc(-c2c(C3(N)CC3)cnn2C)cc1. The Kier molecular flexibility index (Phi) is 2.41. The van der Waals surface area contributed by atoms with Gasteiger partial charge in [0.05, 0.1) is 19.0 Å². The summed E-state index contributed by atoms with van der Waals surface area (Å²) in [6, 6.07) is 8.01. The molecule has 1 aromatic carbocycles. The molecule has 1 aromatic heterocycles. The zero-order valence-electron chi connectivity index (χ0n) is 10.7. The minimum Gasteiger partial charge on any atom is -0.497 e. The van der Waals surface area contributed by atoms with Crippen molar-refractivity contribution in [2.45, 2.75) is 18.4 Å². The Morgan fingerprint density at radius 3 is 2.50 bits per heavy atom. The average molecular weight is 243 g/mol. The van der Waals surface area contributed by atoms with Crippen LogP contribution in [-0.2, 0) is 12.6 Å². The molecule has 2 N–H and O–H groups in total. The number of ether oxygens (including phenoxy) is 1. The van der Waals surface area contributed by atoms with Gasteiger partial charge in [0.2, 0.25) is 0 Å². The van der Waals surface area contributed by atoms with E-state index in [4.69, 9.17) is 10.5 Å². The quantitative estimate of drug-likeness (QED) is 0.897. The predicted octanol–water partition coefficient (Wildman–Crippen LogP) is 2.04. The Bertz CT molecular complexity index is 567. The number of nitrogens with zero attached hydrogens (tertiary/aromatic N) is 2. The van der Waals surface area contributed by atoms with E-state index in [0.29, 0.717) is 0 Å². The number of aromatic nitrogens is 2. The first-order valence-corrected chi connectivity index (χ1v) is 6.10. The van der Waals surface area contributed by atoms with Crippen LogP contribution in [0.5, 0.6) is 5.75 Å². The van der Waals surface area contributed by atoms with Gasteiger partial charge in [-0.3, -0.25) is 4.68 Å². The Morgan fingerprint density at radius 1 is 1.28 bits per heavy atom. The predicted molar refractivity (Wildman–Crippen MR) is 70.3 cm³/mol. The number of hydrogen-bond acceptors (Lipinski definition) is 3. The molecule has 0 saturated heterocycles. The minimum atomic E-state index is -0.163. The summed E-state index contributed by atoms with van der Waals surface area (Å²) < 4.78 is 7.07. The molecular formula is C14H17N3O. The maximum atomic E-state index is 6.30. The third-order valence-corrected chi connectivity index (χ3v) is 3.63. The van der Waals surface area contributed by atoms with Crippen molar-refractivity contribution in [3.63, 3.8) is 0 Å². The van der Waals surface area contributed by atoms with Gasteiger partial charge < -0.3 is 10.5 Å². The lowest BCUT2D eigenvalue weighted by Crippen LogP contribution is -2.19. The van der Waals surface area contributed by atoms with Gasteiger partial charge >= 0.3 is 0 Å². The van der Waals surface area contributed by atoms with E-state index in [1.54, 1.807) is 7.11 Å². The molecule has 0 radical (unpaired) electrons. The molecule has 0 unspecified atom stereocenters. The molecule has 1 saturated carbocycles. The molecule has 0 amide bonds. The fourth-order valence-electron chi connectivity index (χ4n) is 2.30. The summed E-state index contributed by atoms with van der Waals surface area (Å²) in [4.78, 5) is 0. The van der Waals surface area contributed by atoms with E-state index in [1.165, 1.54) is 0 Å². The number of aryl methyl sites for hydroxylation is 1. The molecule has 0 atom stereocenters. The van der Waals surface area contributed by atoms with E-state index >= 15 is 0 Å². The van der Waals surface area contributed by atoms with E-state index in [0.717, 1.165) is 35.4 Å². The molecule has 18 heavy (non-hydrogen) atoms. The standard InChI is InChI=1S/C14H17N3O/c1-17-13(10-3-5-11(18-2)6-4-10)12(9-16-17)14(15)7-8-14/h3-6,9H,7-8,15H2,1-2H3. The molecule has 0 bridgehead atoms. The Hall–Kier alpha value is -1.81. The Balaban J connectivity index is 2.07. The molecule has 0 spiro atoms. The maximum absolute atomic E-state index is 6.30. The van der Waals surface area contributed by atoms with Crippen LogP contribution in [-0.4, -0.2) is 16.9 Å². The van der Waals surface area contributed by atoms with Gasteiger partial charge in [0.15, 0.2) is 0 Å². The van der Waals surface area contributed by atoms with E-state index in [1.807, 2.05) is 42.2 Å². The fourth-order valence-corrected chi connectivity index (χ4v) is 2.30. The summed E-state index contributed by atoms with van der Waals surface area (Å²) in [5.74, 6) is 0.858. The van der Waals surface area contributed by atoms with Crippen molar-refractivity contribution < 1.29 is 4.74 Å². The number of rotatable bonds is 3. The normalized spacial score (nSPS) is 16.6. The highest BCUT2D eigenvalue weighted by Gasteiger charge is 2.43. The van der Waals surface area contributed by atoms with Gasteiger partial charge in [0.1, 0.15) is 5.75 Å². The molecule has 2 aromatic rings. The van der Waals surface area contributed by atoms with Gasteiger partial charge in [-0.2, -0.15) is 5.10 Å². The summed E-state index contributed by atoms with van der Waals surface area (Å²) in [5, 5.41) is 4.35. The average Bonchev–Trinajstić information content (AvgIpc) is 3.01. The summed E-state index contributed by atoms with van der Waals surface area (Å²) >= 11 is 0. The summed E-state index contributed by atoms with van der Waals surface area (Å²) in [5.41, 5.74) is 9.52. The van der Waals surface area contributed by atoms with Gasteiger partial charge in [-0.1, -0.05) is 0 Å². The molecule has 1 fully saturated rings. The monoisotopic (exact) mass is 243 g/mol. The molecule has 0 aliphatic heterocycles. The lowest BCUT2D eigenvalue weighted by Gasteiger charge is -2.11. The zero-order chi connectivity index (χ0) is 12.8. The first-order valence-electron chi connectivity index (χ1n) is 6.10. The second-order valence-electron chi connectivity index (χ2n) is 4.92. The second-order valence-corrected chi connectivity index (χ2v) is 4.92. The first kappa shape index (κ1) is 11.3. The summed E-state index contributed by atoms with van der Waals surface area (Å²) in [6.45, 7) is 0. The molecule has 94 valence electrons. The van der Waals surface area contributed by atoms with Crippen molar-refractivity contribution in [2.75, 3.05) is 7.11 Å². The van der Waals surface area contributed by atoms with Crippen molar-refractivity contribution in [2.24, 2.45) is 12.8 Å². The van der Waals surface area contributed by atoms with Crippen molar-refractivity contribution >= 4 is 0 Å². The largest absolute Gasteiger partial charge is 0.497 e. The van der Waals surface area contributed by atoms with Gasteiger partial charge in [-0.25, -0.2) is 0 Å². The van der Waals surface area contributed by atoms with Gasteiger partial charge in [-0.15, -0.1) is 0 Å². The molecule has 3 rings (SSSR count). The van der Waals surface area contributed by atoms with E-state index in [9.17, 15) is 0 Å². The maximum Gasteiger partial charge on any atom is 0.118 e. The van der Waals surface area contributed by atoms with Gasteiger partial charge in [0.25, 0.3) is 0 Å². The number of hydrogen-bond donors (Lipinski definition) is 1. The minimum absolute atomic E-state index is 0.163. The van der Waals surface area contributed by atoms with Crippen LogP contribution in [0, 0.1) is 0 Å². The van der Waals surface area contributed by atoms with Crippen molar-refractivity contribution in [1.29, 1.82) is 0 Å². The summed E-state index contributed by atoms with van der Waals surface area (Å²) in [6.07, 6.45) is 3.98. The van der Waals surface area contributed by atoms with Crippen LogP contribution in [0.3, 0.4) is 0 Å². The molecular weight excluding hydrogens is 226 g/mol. The van der Waals surface area contributed by atoms with Gasteiger partial charge in [0, 0.05) is 23.7 Å². The molecule has 4 nitrogen and oxygen atoms in total. The lowest BCUT2D eigenvalue weighted by molar-refractivity contribution is 0.415. The Labute approximate surface area is 106 Å². The molecule has 4 heteroatoms. The van der Waals surface area contributed by atoms with Crippen LogP contribution in [0.25, 0.3) is 11.3 Å². The number of methoxy groups -OCH3 is 1. The van der Waals surface area contributed by atoms with Crippen molar-refractivity contribution in [3.05, 3.63) is 36.0 Å². The molecule has 1 heterocycles. The second kappa shape index (κ2) is 3.85. The highest BCUT2D eigenvalue weighted by Crippen LogP contribution is 2.46. The van der Waals surface area contributed by atoms with Crippen molar-refractivity contribution in [1.82, 2.24) is 9.78 Å². The highest BCUT2D eigenvalue weighted by atomic mass is 16.5. The molecule has 1 aliphatic rings. The Morgan fingerprint density at radius 2 is 1.94 bits per heavy atom.